The summed E-state index contributed by atoms with van der Waals surface area (Å²) in [4.78, 5) is 12.8. The zero-order valence-electron chi connectivity index (χ0n) is 6.26. The zero-order chi connectivity index (χ0) is 7.56. The summed E-state index contributed by atoms with van der Waals surface area (Å²) in [6.45, 7) is 3.88. The van der Waals surface area contributed by atoms with Gasteiger partial charge in [0.15, 0.2) is 0 Å². The van der Waals surface area contributed by atoms with Crippen molar-refractivity contribution in [2.75, 3.05) is 20.2 Å². The van der Waals surface area contributed by atoms with E-state index in [1.807, 2.05) is 11.1 Å². The molecule has 0 aliphatic carbocycles. The normalized spacial score (nSPS) is 17.0. The Morgan fingerprint density at radius 1 is 1.60 bits per heavy atom. The fraction of sp³-hybridized carbons (Fsp3) is 0.571. The smallest absolute Gasteiger partial charge is 0.334 e. The Hall–Kier alpha value is -0.990. The molecule has 10 heavy (non-hydrogen) atoms. The van der Waals surface area contributed by atoms with Gasteiger partial charge in [-0.2, -0.15) is 0 Å². The van der Waals surface area contributed by atoms with Crippen LogP contribution < -0.4 is 0 Å². The van der Waals surface area contributed by atoms with E-state index in [1.165, 1.54) is 7.11 Å². The van der Waals surface area contributed by atoms with Crippen LogP contribution in [0.15, 0.2) is 11.8 Å². The lowest BCUT2D eigenvalue weighted by molar-refractivity contribution is -0.136. The van der Waals surface area contributed by atoms with Crippen LogP contribution in [0.2, 0.25) is 0 Å². The standard InChI is InChI=1S/C7H11NO2/c1-6(7(9)10-2)5-8-3-4-8/h5H,3-4H2,1-2H3. The molecule has 56 valence electrons. The molecule has 0 amide bonds. The van der Waals surface area contributed by atoms with E-state index >= 15 is 0 Å². The summed E-state index contributed by atoms with van der Waals surface area (Å²) in [5.74, 6) is -0.244. The first-order valence-electron chi connectivity index (χ1n) is 3.25. The van der Waals surface area contributed by atoms with Crippen molar-refractivity contribution in [3.05, 3.63) is 11.8 Å². The van der Waals surface area contributed by atoms with Crippen molar-refractivity contribution >= 4 is 5.97 Å². The Labute approximate surface area is 60.3 Å². The van der Waals surface area contributed by atoms with Gasteiger partial charge in [-0.25, -0.2) is 4.79 Å². The fourth-order valence-corrected chi connectivity index (χ4v) is 0.674. The van der Waals surface area contributed by atoms with Crippen molar-refractivity contribution in [2.45, 2.75) is 6.92 Å². The molecule has 0 aromatic heterocycles. The van der Waals surface area contributed by atoms with Crippen molar-refractivity contribution in [1.29, 1.82) is 0 Å². The lowest BCUT2D eigenvalue weighted by Crippen LogP contribution is -2.03. The van der Waals surface area contributed by atoms with E-state index in [9.17, 15) is 4.79 Å². The van der Waals surface area contributed by atoms with Crippen molar-refractivity contribution in [3.8, 4) is 0 Å². The summed E-state index contributed by atoms with van der Waals surface area (Å²) in [6.07, 6.45) is 1.83. The summed E-state index contributed by atoms with van der Waals surface area (Å²) in [6, 6.07) is 0. The molecule has 1 aliphatic heterocycles. The Kier molecular flexibility index (Phi) is 1.94. The molecule has 0 aromatic carbocycles. The molecule has 1 rings (SSSR count). The van der Waals surface area contributed by atoms with Crippen LogP contribution in [0.4, 0.5) is 0 Å². The summed E-state index contributed by atoms with van der Waals surface area (Å²) < 4.78 is 4.51. The van der Waals surface area contributed by atoms with Gasteiger partial charge in [0, 0.05) is 24.9 Å². The average molecular weight is 141 g/mol. The highest BCUT2D eigenvalue weighted by molar-refractivity contribution is 5.87. The number of hydrogen-bond acceptors (Lipinski definition) is 3. The molecule has 1 aliphatic rings. The van der Waals surface area contributed by atoms with Crippen LogP contribution in [0.5, 0.6) is 0 Å². The molecule has 1 saturated heterocycles. The number of rotatable bonds is 2. The molecule has 3 nitrogen and oxygen atoms in total. The van der Waals surface area contributed by atoms with Crippen LogP contribution in [-0.4, -0.2) is 31.1 Å². The van der Waals surface area contributed by atoms with Gasteiger partial charge in [0.05, 0.1) is 7.11 Å². The minimum absolute atomic E-state index is 0.244. The number of carbonyl (C=O) groups is 1. The number of carbonyl (C=O) groups excluding carboxylic acids is 1. The molecule has 0 unspecified atom stereocenters. The van der Waals surface area contributed by atoms with E-state index in [1.54, 1.807) is 6.92 Å². The molecule has 0 atom stereocenters. The monoisotopic (exact) mass is 141 g/mol. The largest absolute Gasteiger partial charge is 0.466 e. The van der Waals surface area contributed by atoms with Crippen LogP contribution >= 0.6 is 0 Å². The van der Waals surface area contributed by atoms with E-state index < -0.39 is 0 Å². The van der Waals surface area contributed by atoms with Crippen molar-refractivity contribution in [3.63, 3.8) is 0 Å². The first-order valence-corrected chi connectivity index (χ1v) is 3.25. The van der Waals surface area contributed by atoms with E-state index in [4.69, 9.17) is 0 Å². The summed E-state index contributed by atoms with van der Waals surface area (Å²) in [5, 5.41) is 0. The van der Waals surface area contributed by atoms with E-state index in [0.717, 1.165) is 13.1 Å². The quantitative estimate of drug-likeness (QED) is 0.316. The third kappa shape index (κ3) is 1.76. The van der Waals surface area contributed by atoms with Gasteiger partial charge >= 0.3 is 5.97 Å². The summed E-state index contributed by atoms with van der Waals surface area (Å²) >= 11 is 0. The molecular formula is C7H11NO2. The topological polar surface area (TPSA) is 29.3 Å². The molecule has 0 aromatic rings. The van der Waals surface area contributed by atoms with Crippen LogP contribution in [0, 0.1) is 0 Å². The minimum Gasteiger partial charge on any atom is -0.466 e. The average Bonchev–Trinajstić information content (AvgIpc) is 2.70. The van der Waals surface area contributed by atoms with Crippen LogP contribution in [0.3, 0.4) is 0 Å². The van der Waals surface area contributed by atoms with Gasteiger partial charge in [-0.1, -0.05) is 0 Å². The maximum Gasteiger partial charge on any atom is 0.334 e. The lowest BCUT2D eigenvalue weighted by Gasteiger charge is -1.97. The first kappa shape index (κ1) is 7.12. The van der Waals surface area contributed by atoms with Gasteiger partial charge < -0.3 is 9.64 Å². The fourth-order valence-electron chi connectivity index (χ4n) is 0.674. The molecule has 0 saturated carbocycles. The lowest BCUT2D eigenvalue weighted by atomic mass is 10.3. The number of ether oxygens (including phenoxy) is 1. The Morgan fingerprint density at radius 2 is 2.20 bits per heavy atom. The third-order valence-electron chi connectivity index (χ3n) is 1.37. The molecule has 0 spiro atoms. The van der Waals surface area contributed by atoms with Crippen molar-refractivity contribution < 1.29 is 9.53 Å². The van der Waals surface area contributed by atoms with Gasteiger partial charge in [0.1, 0.15) is 0 Å². The molecule has 3 heteroatoms. The number of methoxy groups -OCH3 is 1. The number of hydrogen-bond donors (Lipinski definition) is 0. The van der Waals surface area contributed by atoms with E-state index in [0.29, 0.717) is 5.57 Å². The predicted molar refractivity (Wildman–Crippen MR) is 37.3 cm³/mol. The Morgan fingerprint density at radius 3 is 2.60 bits per heavy atom. The van der Waals surface area contributed by atoms with Gasteiger partial charge in [0.25, 0.3) is 0 Å². The SMILES string of the molecule is COC(=O)C(C)=CN1CC1. The predicted octanol–water partition coefficient (Wildman–Crippen LogP) is 0.379. The van der Waals surface area contributed by atoms with Crippen molar-refractivity contribution in [1.82, 2.24) is 4.90 Å². The maximum atomic E-state index is 10.8. The zero-order valence-corrected chi connectivity index (χ0v) is 6.26. The number of nitrogens with zero attached hydrogens (tertiary/aromatic N) is 1. The Bertz CT molecular complexity index is 170. The molecule has 0 radical (unpaired) electrons. The van der Waals surface area contributed by atoms with Crippen LogP contribution in [0.25, 0.3) is 0 Å². The molecule has 1 heterocycles. The maximum absolute atomic E-state index is 10.8. The van der Waals surface area contributed by atoms with Gasteiger partial charge in [-0.15, -0.1) is 0 Å². The first-order chi connectivity index (χ1) is 4.74. The summed E-state index contributed by atoms with van der Waals surface area (Å²) in [5.41, 5.74) is 0.667. The molecular weight excluding hydrogens is 130 g/mol. The highest BCUT2D eigenvalue weighted by atomic mass is 16.5. The third-order valence-corrected chi connectivity index (χ3v) is 1.37. The molecule has 0 N–H and O–H groups in total. The highest BCUT2D eigenvalue weighted by Crippen LogP contribution is 2.07. The van der Waals surface area contributed by atoms with Crippen LogP contribution in [0.1, 0.15) is 6.92 Å². The second-order valence-electron chi connectivity index (χ2n) is 2.34. The second-order valence-corrected chi connectivity index (χ2v) is 2.34. The van der Waals surface area contributed by atoms with Gasteiger partial charge in [-0.3, -0.25) is 0 Å². The van der Waals surface area contributed by atoms with Gasteiger partial charge in [-0.05, 0) is 6.92 Å². The van der Waals surface area contributed by atoms with E-state index in [2.05, 4.69) is 4.74 Å². The van der Waals surface area contributed by atoms with E-state index in [-0.39, 0.29) is 5.97 Å². The Balaban J connectivity index is 2.44. The minimum atomic E-state index is -0.244. The second kappa shape index (κ2) is 2.73. The molecule has 0 bridgehead atoms. The van der Waals surface area contributed by atoms with Gasteiger partial charge in [0.2, 0.25) is 0 Å². The van der Waals surface area contributed by atoms with Crippen molar-refractivity contribution in [2.24, 2.45) is 0 Å². The van der Waals surface area contributed by atoms with Crippen LogP contribution in [-0.2, 0) is 9.53 Å². The highest BCUT2D eigenvalue weighted by Gasteiger charge is 2.14. The molecule has 1 fully saturated rings. The summed E-state index contributed by atoms with van der Waals surface area (Å²) in [7, 11) is 1.39. The number of esters is 1.